The van der Waals surface area contributed by atoms with E-state index in [1.54, 1.807) is 11.3 Å². The maximum atomic E-state index is 12.0. The molecule has 1 aliphatic rings. The molecule has 1 saturated heterocycles. The van der Waals surface area contributed by atoms with E-state index >= 15 is 0 Å². The van der Waals surface area contributed by atoms with Gasteiger partial charge in [0.05, 0.1) is 6.04 Å². The number of rotatable bonds is 4. The molecule has 2 rings (SSSR count). The summed E-state index contributed by atoms with van der Waals surface area (Å²) in [4.78, 5) is 20.8. The Labute approximate surface area is 118 Å². The Kier molecular flexibility index (Phi) is 4.76. The molecule has 1 aliphatic heterocycles. The topological polar surface area (TPSA) is 48.5 Å². The normalized spacial score (nSPS) is 18.6. The number of nitrogens with one attached hydrogen (secondary N) is 1. The number of thiazole rings is 1. The standard InChI is InChI=1S/C13H22N4OS/c1-10(2)15-12(18)11(3)16-5-7-17(8-6-16)13-14-4-9-19-13/h4,9-11H,5-8H2,1-3H3,(H,15,18). The summed E-state index contributed by atoms with van der Waals surface area (Å²) >= 11 is 1.67. The van der Waals surface area contributed by atoms with Crippen molar-refractivity contribution in [3.63, 3.8) is 0 Å². The monoisotopic (exact) mass is 282 g/mol. The molecule has 1 unspecified atom stereocenters. The fourth-order valence-corrected chi connectivity index (χ4v) is 2.94. The number of amides is 1. The number of piperazine rings is 1. The van der Waals surface area contributed by atoms with Gasteiger partial charge in [0, 0.05) is 43.8 Å². The van der Waals surface area contributed by atoms with Crippen LogP contribution in [0.4, 0.5) is 5.13 Å². The number of aromatic nitrogens is 1. The largest absolute Gasteiger partial charge is 0.353 e. The highest BCUT2D eigenvalue weighted by molar-refractivity contribution is 7.13. The van der Waals surface area contributed by atoms with Gasteiger partial charge >= 0.3 is 0 Å². The van der Waals surface area contributed by atoms with E-state index in [1.165, 1.54) is 0 Å². The van der Waals surface area contributed by atoms with Gasteiger partial charge in [-0.25, -0.2) is 4.98 Å². The number of nitrogens with zero attached hydrogens (tertiary/aromatic N) is 3. The highest BCUT2D eigenvalue weighted by Gasteiger charge is 2.26. The van der Waals surface area contributed by atoms with Gasteiger partial charge in [0.25, 0.3) is 0 Å². The van der Waals surface area contributed by atoms with E-state index in [2.05, 4.69) is 20.1 Å². The molecular formula is C13H22N4OS. The van der Waals surface area contributed by atoms with Crippen LogP contribution in [0.15, 0.2) is 11.6 Å². The van der Waals surface area contributed by atoms with Gasteiger partial charge < -0.3 is 10.2 Å². The summed E-state index contributed by atoms with van der Waals surface area (Å²) in [6, 6.07) is 0.146. The van der Waals surface area contributed by atoms with E-state index in [0.29, 0.717) is 0 Å². The first-order valence-electron chi connectivity index (χ1n) is 6.77. The molecule has 1 fully saturated rings. The molecule has 6 heteroatoms. The molecule has 1 N–H and O–H groups in total. The minimum absolute atomic E-state index is 0.0548. The SMILES string of the molecule is CC(C)NC(=O)C(C)N1CCN(c2nccs2)CC1. The Morgan fingerprint density at radius 2 is 2.00 bits per heavy atom. The highest BCUT2D eigenvalue weighted by atomic mass is 32.1. The predicted molar refractivity (Wildman–Crippen MR) is 78.6 cm³/mol. The van der Waals surface area contributed by atoms with Crippen molar-refractivity contribution >= 4 is 22.4 Å². The van der Waals surface area contributed by atoms with Gasteiger partial charge in [-0.05, 0) is 20.8 Å². The van der Waals surface area contributed by atoms with Crippen LogP contribution >= 0.6 is 11.3 Å². The molecule has 0 aliphatic carbocycles. The van der Waals surface area contributed by atoms with E-state index in [9.17, 15) is 4.79 Å². The molecule has 106 valence electrons. The second kappa shape index (κ2) is 6.34. The summed E-state index contributed by atoms with van der Waals surface area (Å²) in [6.07, 6.45) is 1.84. The smallest absolute Gasteiger partial charge is 0.237 e. The molecular weight excluding hydrogens is 260 g/mol. The Balaban J connectivity index is 1.84. The molecule has 2 heterocycles. The molecule has 0 saturated carbocycles. The van der Waals surface area contributed by atoms with Crippen LogP contribution in [0.3, 0.4) is 0 Å². The quantitative estimate of drug-likeness (QED) is 0.901. The third kappa shape index (κ3) is 3.67. The molecule has 1 aromatic rings. The minimum Gasteiger partial charge on any atom is -0.353 e. The van der Waals surface area contributed by atoms with E-state index < -0.39 is 0 Å². The summed E-state index contributed by atoms with van der Waals surface area (Å²) in [6.45, 7) is 9.66. The molecule has 0 spiro atoms. The molecule has 1 atom stereocenters. The molecule has 5 nitrogen and oxygen atoms in total. The second-order valence-corrected chi connectivity index (χ2v) is 6.05. The summed E-state index contributed by atoms with van der Waals surface area (Å²) < 4.78 is 0. The fourth-order valence-electron chi connectivity index (χ4n) is 2.24. The first-order chi connectivity index (χ1) is 9.08. The van der Waals surface area contributed by atoms with Gasteiger partial charge in [-0.15, -0.1) is 11.3 Å². The Hall–Kier alpha value is -1.14. The van der Waals surface area contributed by atoms with Crippen LogP contribution in [0, 0.1) is 0 Å². The van der Waals surface area contributed by atoms with E-state index in [-0.39, 0.29) is 18.0 Å². The first kappa shape index (κ1) is 14.3. The number of anilines is 1. The van der Waals surface area contributed by atoms with Crippen LogP contribution in [0.2, 0.25) is 0 Å². The average Bonchev–Trinajstić information content (AvgIpc) is 2.91. The van der Waals surface area contributed by atoms with Crippen molar-refractivity contribution in [2.75, 3.05) is 31.1 Å². The third-order valence-corrected chi connectivity index (χ3v) is 4.19. The molecule has 0 bridgehead atoms. The van der Waals surface area contributed by atoms with Crippen molar-refractivity contribution in [3.8, 4) is 0 Å². The molecule has 1 aromatic heterocycles. The average molecular weight is 282 g/mol. The van der Waals surface area contributed by atoms with Gasteiger partial charge in [0.15, 0.2) is 5.13 Å². The first-order valence-corrected chi connectivity index (χ1v) is 7.64. The van der Waals surface area contributed by atoms with Crippen molar-refractivity contribution in [2.45, 2.75) is 32.9 Å². The van der Waals surface area contributed by atoms with Crippen LogP contribution < -0.4 is 10.2 Å². The maximum absolute atomic E-state index is 12.0. The number of carbonyl (C=O) groups is 1. The predicted octanol–water partition coefficient (Wildman–Crippen LogP) is 1.18. The lowest BCUT2D eigenvalue weighted by Gasteiger charge is -2.37. The zero-order valence-corrected chi connectivity index (χ0v) is 12.6. The van der Waals surface area contributed by atoms with Gasteiger partial charge in [0.2, 0.25) is 5.91 Å². The molecule has 0 radical (unpaired) electrons. The molecule has 0 aromatic carbocycles. The van der Waals surface area contributed by atoms with E-state index in [4.69, 9.17) is 0 Å². The second-order valence-electron chi connectivity index (χ2n) is 5.18. The molecule has 19 heavy (non-hydrogen) atoms. The van der Waals surface area contributed by atoms with Crippen LogP contribution in [0.5, 0.6) is 0 Å². The zero-order chi connectivity index (χ0) is 13.8. The fraction of sp³-hybridized carbons (Fsp3) is 0.692. The summed E-state index contributed by atoms with van der Waals surface area (Å²) in [5, 5.41) is 6.06. The number of hydrogen-bond donors (Lipinski definition) is 1. The van der Waals surface area contributed by atoms with Crippen LogP contribution in [0.1, 0.15) is 20.8 Å². The van der Waals surface area contributed by atoms with Crippen molar-refractivity contribution in [2.24, 2.45) is 0 Å². The lowest BCUT2D eigenvalue weighted by Crippen LogP contribution is -2.54. The minimum atomic E-state index is -0.0548. The van der Waals surface area contributed by atoms with Crippen molar-refractivity contribution in [3.05, 3.63) is 11.6 Å². The highest BCUT2D eigenvalue weighted by Crippen LogP contribution is 2.19. The van der Waals surface area contributed by atoms with Gasteiger partial charge in [0.1, 0.15) is 0 Å². The van der Waals surface area contributed by atoms with E-state index in [1.807, 2.05) is 32.3 Å². The Morgan fingerprint density at radius 1 is 1.32 bits per heavy atom. The lowest BCUT2D eigenvalue weighted by molar-refractivity contribution is -0.126. The summed E-state index contributed by atoms with van der Waals surface area (Å²) in [5.74, 6) is 0.123. The lowest BCUT2D eigenvalue weighted by atomic mass is 10.2. The van der Waals surface area contributed by atoms with Crippen LogP contribution in [-0.4, -0.2) is 54.1 Å². The van der Waals surface area contributed by atoms with E-state index in [0.717, 1.165) is 31.3 Å². The third-order valence-electron chi connectivity index (χ3n) is 3.36. The van der Waals surface area contributed by atoms with Crippen LogP contribution in [-0.2, 0) is 4.79 Å². The Morgan fingerprint density at radius 3 is 2.53 bits per heavy atom. The number of hydrogen-bond acceptors (Lipinski definition) is 5. The van der Waals surface area contributed by atoms with Crippen molar-refractivity contribution < 1.29 is 4.79 Å². The number of carbonyl (C=O) groups excluding carboxylic acids is 1. The van der Waals surface area contributed by atoms with Gasteiger partial charge in [-0.3, -0.25) is 9.69 Å². The van der Waals surface area contributed by atoms with Crippen LogP contribution in [0.25, 0.3) is 0 Å². The van der Waals surface area contributed by atoms with Crippen molar-refractivity contribution in [1.29, 1.82) is 0 Å². The van der Waals surface area contributed by atoms with Gasteiger partial charge in [-0.2, -0.15) is 0 Å². The maximum Gasteiger partial charge on any atom is 0.237 e. The summed E-state index contributed by atoms with van der Waals surface area (Å²) in [5.41, 5.74) is 0. The molecule has 1 amide bonds. The van der Waals surface area contributed by atoms with Crippen molar-refractivity contribution in [1.82, 2.24) is 15.2 Å². The Bertz CT molecular complexity index is 399. The van der Waals surface area contributed by atoms with Gasteiger partial charge in [-0.1, -0.05) is 0 Å². The summed E-state index contributed by atoms with van der Waals surface area (Å²) in [7, 11) is 0. The zero-order valence-electron chi connectivity index (χ0n) is 11.8.